The van der Waals surface area contributed by atoms with Crippen LogP contribution in [0.4, 0.5) is 0 Å². The smallest absolute Gasteiger partial charge is 0.402 e. The number of rotatable bonds is 0. The molecule has 0 aliphatic carbocycles. The van der Waals surface area contributed by atoms with E-state index in [0.29, 0.717) is 0 Å². The van der Waals surface area contributed by atoms with Crippen LogP contribution in [-0.4, -0.2) is 57.5 Å². The van der Waals surface area contributed by atoms with E-state index in [2.05, 4.69) is 0 Å². The average Bonchev–Trinajstić information content (AvgIpc) is 1.88. The molecular weight excluding hydrogens is 179 g/mol. The largest absolute Gasteiger partial charge is 0.631 e. The minimum Gasteiger partial charge on any atom is -0.402 e. The van der Waals surface area contributed by atoms with Gasteiger partial charge in [0, 0.05) is 19.8 Å². The van der Waals surface area contributed by atoms with Crippen molar-refractivity contribution in [2.24, 2.45) is 0 Å². The lowest BCUT2D eigenvalue weighted by molar-refractivity contribution is 0.278. The van der Waals surface area contributed by atoms with E-state index in [1.807, 2.05) is 0 Å². The second kappa shape index (κ2) is 40.8. The van der Waals surface area contributed by atoms with Crippen molar-refractivity contribution in [1.82, 2.24) is 0 Å². The normalized spacial score (nSPS) is 6.23. The Kier molecular flexibility index (Phi) is 72.3. The van der Waals surface area contributed by atoms with Gasteiger partial charge in [-0.2, -0.15) is 0 Å². The third-order valence-corrected chi connectivity index (χ3v) is 0. The lowest BCUT2D eigenvalue weighted by atomic mass is 10.3. The molecule has 0 unspecified atom stereocenters. The summed E-state index contributed by atoms with van der Waals surface area (Å²) in [6, 6.07) is 0. The van der Waals surface area contributed by atoms with Crippen molar-refractivity contribution in [3.63, 3.8) is 0 Å². The van der Waals surface area contributed by atoms with Gasteiger partial charge in [0.2, 0.25) is 0 Å². The Bertz CT molecular complexity index is 38.6. The predicted octanol–water partition coefficient (Wildman–Crippen LogP) is -2.06. The van der Waals surface area contributed by atoms with E-state index >= 15 is 0 Å². The quantitative estimate of drug-likeness (QED) is 0.250. The summed E-state index contributed by atoms with van der Waals surface area (Å²) in [5.74, 6) is 0. The molecule has 6 N–H and O–H groups in total. The van der Waals surface area contributed by atoms with E-state index in [1.54, 1.807) is 20.8 Å². The van der Waals surface area contributed by atoms with Crippen LogP contribution in [-0.2, 0) is 0 Å². The van der Waals surface area contributed by atoms with Crippen LogP contribution in [0, 0.1) is 0 Å². The van der Waals surface area contributed by atoms with Gasteiger partial charge in [0.05, 0.1) is 0 Å². The number of hydrogen-bond acceptors (Lipinski definition) is 6. The van der Waals surface area contributed by atoms with Crippen LogP contribution in [0.5, 0.6) is 0 Å². The highest BCUT2D eigenvalue weighted by Gasteiger charge is 1.92. The summed E-state index contributed by atoms with van der Waals surface area (Å²) in [5, 5.41) is 44.2. The van der Waals surface area contributed by atoms with Crippen LogP contribution in [0.25, 0.3) is 0 Å². The molecule has 0 aliphatic rings. The van der Waals surface area contributed by atoms with Gasteiger partial charge in [0.15, 0.2) is 0 Å². The molecule has 0 aliphatic heterocycles. The summed E-state index contributed by atoms with van der Waals surface area (Å²) in [5.41, 5.74) is 0. The van der Waals surface area contributed by atoms with Gasteiger partial charge in [-0.05, 0) is 20.8 Å². The van der Waals surface area contributed by atoms with Crippen molar-refractivity contribution >= 4 is 7.32 Å². The molecule has 0 aromatic heterocycles. The predicted molar refractivity (Wildman–Crippen MR) is 50.7 cm³/mol. The molecule has 0 saturated heterocycles. The molecule has 0 aromatic rings. The van der Waals surface area contributed by atoms with Crippen LogP contribution >= 0.6 is 0 Å². The highest BCUT2D eigenvalue weighted by atomic mass is 16.5. The molecule has 0 heterocycles. The Balaban J connectivity index is -0.0000000420. The molecule has 6 nitrogen and oxygen atoms in total. The molecule has 7 heteroatoms. The first-order valence-corrected chi connectivity index (χ1v) is 3.84. The molecule has 13 heavy (non-hydrogen) atoms. The Morgan fingerprint density at radius 3 is 0.692 bits per heavy atom. The molecular formula is C6H21BO6. The molecule has 0 fully saturated rings. The molecule has 0 atom stereocenters. The zero-order valence-electron chi connectivity index (χ0n) is 8.38. The van der Waals surface area contributed by atoms with E-state index in [4.69, 9.17) is 30.4 Å². The summed E-state index contributed by atoms with van der Waals surface area (Å²) >= 11 is 0. The van der Waals surface area contributed by atoms with Crippen molar-refractivity contribution in [3.05, 3.63) is 0 Å². The second-order valence-electron chi connectivity index (χ2n) is 1.30. The first-order valence-electron chi connectivity index (χ1n) is 3.84. The van der Waals surface area contributed by atoms with Gasteiger partial charge >= 0.3 is 7.32 Å². The fourth-order valence-corrected chi connectivity index (χ4v) is 0. The fraction of sp³-hybridized carbons (Fsp3) is 1.00. The van der Waals surface area contributed by atoms with Gasteiger partial charge in [-0.3, -0.25) is 0 Å². The zero-order valence-corrected chi connectivity index (χ0v) is 8.38. The molecule has 0 spiro atoms. The first kappa shape index (κ1) is 23.0. The van der Waals surface area contributed by atoms with Crippen LogP contribution in [0.1, 0.15) is 20.8 Å². The topological polar surface area (TPSA) is 121 Å². The van der Waals surface area contributed by atoms with Crippen LogP contribution in [0.3, 0.4) is 0 Å². The van der Waals surface area contributed by atoms with E-state index in [0.717, 1.165) is 0 Å². The Morgan fingerprint density at radius 2 is 0.692 bits per heavy atom. The zero-order chi connectivity index (χ0) is 11.7. The van der Waals surface area contributed by atoms with Crippen LogP contribution in [0.15, 0.2) is 0 Å². The lowest BCUT2D eigenvalue weighted by Crippen LogP contribution is -2.07. The third-order valence-electron chi connectivity index (χ3n) is 0. The van der Waals surface area contributed by atoms with Crippen LogP contribution < -0.4 is 0 Å². The van der Waals surface area contributed by atoms with E-state index < -0.39 is 7.32 Å². The molecule has 0 saturated carbocycles. The first-order chi connectivity index (χ1) is 5.97. The minimum absolute atomic E-state index is 0.250. The molecule has 0 bridgehead atoms. The summed E-state index contributed by atoms with van der Waals surface area (Å²) in [6.07, 6.45) is 0. The van der Waals surface area contributed by atoms with Crippen LogP contribution in [0.2, 0.25) is 0 Å². The van der Waals surface area contributed by atoms with E-state index in [-0.39, 0.29) is 19.8 Å². The molecule has 0 radical (unpaired) electrons. The molecule has 84 valence electrons. The Morgan fingerprint density at radius 1 is 0.692 bits per heavy atom. The third kappa shape index (κ3) is 37200. The molecule has 0 aromatic carbocycles. The minimum atomic E-state index is -2.17. The Hall–Kier alpha value is -0.175. The summed E-state index contributed by atoms with van der Waals surface area (Å²) in [7, 11) is -2.17. The summed E-state index contributed by atoms with van der Waals surface area (Å²) in [6.45, 7) is 5.79. The Labute approximate surface area is 79.3 Å². The van der Waals surface area contributed by atoms with Gasteiger partial charge in [0.25, 0.3) is 0 Å². The van der Waals surface area contributed by atoms with Gasteiger partial charge in [-0.25, -0.2) is 0 Å². The summed E-state index contributed by atoms with van der Waals surface area (Å²) in [4.78, 5) is 0. The van der Waals surface area contributed by atoms with E-state index in [9.17, 15) is 0 Å². The number of aliphatic hydroxyl groups is 3. The van der Waals surface area contributed by atoms with Gasteiger partial charge < -0.3 is 30.4 Å². The van der Waals surface area contributed by atoms with Crippen molar-refractivity contribution in [2.75, 3.05) is 19.8 Å². The van der Waals surface area contributed by atoms with Crippen molar-refractivity contribution < 1.29 is 30.4 Å². The lowest BCUT2D eigenvalue weighted by Gasteiger charge is -1.69. The van der Waals surface area contributed by atoms with E-state index in [1.165, 1.54) is 0 Å². The maximum atomic E-state index is 7.57. The van der Waals surface area contributed by atoms with Gasteiger partial charge in [-0.1, -0.05) is 0 Å². The average molecular weight is 200 g/mol. The standard InChI is InChI=1S/3C2H6O.BH3O3/c3*1-2-3;2-1(3)4/h3*3H,2H2,1H3;2-4H. The molecule has 0 rings (SSSR count). The number of hydrogen-bond donors (Lipinski definition) is 6. The van der Waals surface area contributed by atoms with Gasteiger partial charge in [-0.15, -0.1) is 0 Å². The second-order valence-corrected chi connectivity index (χ2v) is 1.30. The monoisotopic (exact) mass is 200 g/mol. The van der Waals surface area contributed by atoms with Crippen molar-refractivity contribution in [3.8, 4) is 0 Å². The summed E-state index contributed by atoms with van der Waals surface area (Å²) < 4.78 is 0. The highest BCUT2D eigenvalue weighted by molar-refractivity contribution is 6.30. The molecule has 0 amide bonds. The van der Waals surface area contributed by atoms with Crippen molar-refractivity contribution in [1.29, 1.82) is 0 Å². The SMILES string of the molecule is CCO.CCO.CCO.OB(O)O. The highest BCUT2D eigenvalue weighted by Crippen LogP contribution is 1.40. The van der Waals surface area contributed by atoms with Crippen molar-refractivity contribution in [2.45, 2.75) is 20.8 Å². The number of aliphatic hydroxyl groups excluding tert-OH is 3. The van der Waals surface area contributed by atoms with Gasteiger partial charge in [0.1, 0.15) is 0 Å². The maximum Gasteiger partial charge on any atom is 0.631 e. The maximum absolute atomic E-state index is 7.57. The fourth-order valence-electron chi connectivity index (χ4n) is 0.